The van der Waals surface area contributed by atoms with Crippen LogP contribution >= 0.6 is 11.3 Å². The summed E-state index contributed by atoms with van der Waals surface area (Å²) in [6.07, 6.45) is 10.1. The molecular formula is C24H29N5O2S. The molecule has 0 bridgehead atoms. The number of piperidine rings is 1. The molecule has 0 unspecified atom stereocenters. The Morgan fingerprint density at radius 3 is 2.50 bits per heavy atom. The fourth-order valence-corrected chi connectivity index (χ4v) is 5.31. The average molecular weight is 452 g/mol. The number of rotatable bonds is 2. The van der Waals surface area contributed by atoms with Crippen molar-refractivity contribution in [3.8, 4) is 10.4 Å². The molecule has 4 aromatic heterocycles. The average Bonchev–Trinajstić information content (AvgIpc) is 3.39. The van der Waals surface area contributed by atoms with Gasteiger partial charge in [-0.1, -0.05) is 11.3 Å². The van der Waals surface area contributed by atoms with Gasteiger partial charge >= 0.3 is 6.09 Å². The summed E-state index contributed by atoms with van der Waals surface area (Å²) in [7, 11) is 0. The minimum Gasteiger partial charge on any atom is -0.444 e. The number of pyridine rings is 1. The number of ether oxygens (including phenoxy) is 1. The van der Waals surface area contributed by atoms with Gasteiger partial charge in [-0.05, 0) is 59.1 Å². The van der Waals surface area contributed by atoms with Gasteiger partial charge < -0.3 is 14.0 Å². The summed E-state index contributed by atoms with van der Waals surface area (Å²) in [5.74, 6) is 0.372. The van der Waals surface area contributed by atoms with E-state index >= 15 is 0 Å². The zero-order valence-electron chi connectivity index (χ0n) is 19.3. The number of amides is 1. The van der Waals surface area contributed by atoms with Crippen molar-refractivity contribution in [2.45, 2.75) is 59.0 Å². The van der Waals surface area contributed by atoms with Crippen molar-refractivity contribution in [3.05, 3.63) is 47.8 Å². The lowest BCUT2D eigenvalue weighted by Gasteiger charge is -2.32. The molecule has 8 heteroatoms. The molecule has 5 rings (SSSR count). The molecule has 5 heterocycles. The van der Waals surface area contributed by atoms with Gasteiger partial charge in [0.25, 0.3) is 0 Å². The molecule has 0 N–H and O–H groups in total. The normalized spacial score (nSPS) is 15.7. The summed E-state index contributed by atoms with van der Waals surface area (Å²) >= 11 is 1.70. The minimum absolute atomic E-state index is 0.216. The SMILES string of the molecule is Cc1cn2cc(-c3cn4cc(C5CCN(C(=O)OC(C)(C)C)CC5)nc4s3)cc(C)c2n1. The number of aryl methyl sites for hydroxylation is 2. The Bertz CT molecular complexity index is 1270. The largest absolute Gasteiger partial charge is 0.444 e. The quantitative estimate of drug-likeness (QED) is 0.407. The molecular weight excluding hydrogens is 422 g/mol. The molecule has 0 atom stereocenters. The van der Waals surface area contributed by atoms with E-state index in [-0.39, 0.29) is 6.09 Å². The number of imidazole rings is 2. The molecule has 0 radical (unpaired) electrons. The van der Waals surface area contributed by atoms with Gasteiger partial charge in [0.1, 0.15) is 11.2 Å². The molecule has 1 aliphatic rings. The minimum atomic E-state index is -0.459. The number of aromatic nitrogens is 4. The number of hydrogen-bond donors (Lipinski definition) is 0. The van der Waals surface area contributed by atoms with Crippen molar-refractivity contribution >= 4 is 28.0 Å². The Morgan fingerprint density at radius 2 is 1.81 bits per heavy atom. The van der Waals surface area contributed by atoms with Crippen LogP contribution in [0.25, 0.3) is 21.0 Å². The fourth-order valence-electron chi connectivity index (χ4n) is 4.35. The van der Waals surface area contributed by atoms with Crippen LogP contribution in [0.2, 0.25) is 0 Å². The highest BCUT2D eigenvalue weighted by atomic mass is 32.1. The monoisotopic (exact) mass is 451 g/mol. The summed E-state index contributed by atoms with van der Waals surface area (Å²) in [6.45, 7) is 11.2. The Morgan fingerprint density at radius 1 is 1.06 bits per heavy atom. The third-order valence-corrected chi connectivity index (χ3v) is 6.93. The number of carbonyl (C=O) groups is 1. The Labute approximate surface area is 191 Å². The molecule has 1 saturated heterocycles. The van der Waals surface area contributed by atoms with E-state index in [1.165, 1.54) is 16.0 Å². The van der Waals surface area contributed by atoms with Crippen LogP contribution in [-0.4, -0.2) is 48.5 Å². The Balaban J connectivity index is 1.31. The first-order valence-electron chi connectivity index (χ1n) is 11.1. The molecule has 32 heavy (non-hydrogen) atoms. The first-order valence-corrected chi connectivity index (χ1v) is 11.9. The van der Waals surface area contributed by atoms with Crippen molar-refractivity contribution in [1.29, 1.82) is 0 Å². The molecule has 0 aromatic carbocycles. The van der Waals surface area contributed by atoms with Gasteiger partial charge in [0.15, 0.2) is 4.96 Å². The van der Waals surface area contributed by atoms with Crippen molar-refractivity contribution in [3.63, 3.8) is 0 Å². The summed E-state index contributed by atoms with van der Waals surface area (Å²) < 4.78 is 9.75. The second-order valence-corrected chi connectivity index (χ2v) is 10.7. The molecule has 1 aliphatic heterocycles. The standard InChI is InChI=1S/C24H29N5O2S/c1-15-10-18(12-28-11-16(2)25-21(15)28)20-14-29-13-19(26-22(29)32-20)17-6-8-27(9-7-17)23(30)31-24(3,4)5/h10-14,17H,6-9H2,1-5H3. The zero-order valence-corrected chi connectivity index (χ0v) is 20.1. The van der Waals surface area contributed by atoms with Crippen LogP contribution in [0.1, 0.15) is 56.5 Å². The maximum absolute atomic E-state index is 12.3. The van der Waals surface area contributed by atoms with Crippen LogP contribution in [0.3, 0.4) is 0 Å². The van der Waals surface area contributed by atoms with E-state index in [0.29, 0.717) is 19.0 Å². The summed E-state index contributed by atoms with van der Waals surface area (Å²) in [5, 5.41) is 0. The summed E-state index contributed by atoms with van der Waals surface area (Å²) in [4.78, 5) is 25.8. The summed E-state index contributed by atoms with van der Waals surface area (Å²) in [6, 6.07) is 2.19. The third kappa shape index (κ3) is 3.99. The molecule has 1 amide bonds. The van der Waals surface area contributed by atoms with Crippen LogP contribution in [-0.2, 0) is 4.74 Å². The Hall–Kier alpha value is -2.87. The number of likely N-dealkylation sites (tertiary alicyclic amines) is 1. The van der Waals surface area contributed by atoms with Crippen LogP contribution in [0.15, 0.2) is 30.9 Å². The second kappa shape index (κ2) is 7.62. The van der Waals surface area contributed by atoms with E-state index in [1.54, 1.807) is 11.3 Å². The van der Waals surface area contributed by atoms with E-state index in [4.69, 9.17) is 9.72 Å². The molecule has 0 aliphatic carbocycles. The van der Waals surface area contributed by atoms with Crippen LogP contribution in [0, 0.1) is 13.8 Å². The van der Waals surface area contributed by atoms with Crippen molar-refractivity contribution in [1.82, 2.24) is 23.7 Å². The lowest BCUT2D eigenvalue weighted by Crippen LogP contribution is -2.41. The molecule has 4 aromatic rings. The number of hydrogen-bond acceptors (Lipinski definition) is 5. The highest BCUT2D eigenvalue weighted by molar-refractivity contribution is 7.20. The zero-order chi connectivity index (χ0) is 22.6. The van der Waals surface area contributed by atoms with Crippen molar-refractivity contribution in [2.75, 3.05) is 13.1 Å². The maximum atomic E-state index is 12.3. The van der Waals surface area contributed by atoms with Crippen LogP contribution in [0.4, 0.5) is 4.79 Å². The number of thiazole rings is 1. The van der Waals surface area contributed by atoms with Gasteiger partial charge in [-0.2, -0.15) is 0 Å². The highest BCUT2D eigenvalue weighted by Crippen LogP contribution is 2.33. The molecule has 0 spiro atoms. The van der Waals surface area contributed by atoms with E-state index in [9.17, 15) is 4.79 Å². The topological polar surface area (TPSA) is 64.1 Å². The maximum Gasteiger partial charge on any atom is 0.410 e. The Kier molecular flexibility index (Phi) is 5.00. The first-order chi connectivity index (χ1) is 15.2. The fraction of sp³-hybridized carbons (Fsp3) is 0.458. The first kappa shape index (κ1) is 21.0. The molecule has 0 saturated carbocycles. The van der Waals surface area contributed by atoms with Crippen molar-refractivity contribution in [2.24, 2.45) is 0 Å². The van der Waals surface area contributed by atoms with Gasteiger partial charge in [-0.3, -0.25) is 4.40 Å². The predicted octanol–water partition coefficient (Wildman–Crippen LogP) is 5.44. The molecule has 168 valence electrons. The van der Waals surface area contributed by atoms with Crippen LogP contribution in [0.5, 0.6) is 0 Å². The van der Waals surface area contributed by atoms with Gasteiger partial charge in [-0.15, -0.1) is 0 Å². The lowest BCUT2D eigenvalue weighted by atomic mass is 9.94. The lowest BCUT2D eigenvalue weighted by molar-refractivity contribution is 0.0204. The van der Waals surface area contributed by atoms with E-state index in [0.717, 1.165) is 34.8 Å². The van der Waals surface area contributed by atoms with Crippen molar-refractivity contribution < 1.29 is 9.53 Å². The third-order valence-electron chi connectivity index (χ3n) is 5.88. The number of nitrogens with zero attached hydrogens (tertiary/aromatic N) is 5. The van der Waals surface area contributed by atoms with Crippen LogP contribution < -0.4 is 0 Å². The van der Waals surface area contributed by atoms with Gasteiger partial charge in [0.2, 0.25) is 0 Å². The smallest absolute Gasteiger partial charge is 0.410 e. The van der Waals surface area contributed by atoms with Gasteiger partial charge in [0, 0.05) is 49.4 Å². The van der Waals surface area contributed by atoms with E-state index in [2.05, 4.69) is 51.6 Å². The van der Waals surface area contributed by atoms with E-state index < -0.39 is 5.60 Å². The predicted molar refractivity (Wildman–Crippen MR) is 127 cm³/mol. The van der Waals surface area contributed by atoms with Gasteiger partial charge in [-0.25, -0.2) is 14.8 Å². The number of carbonyl (C=O) groups excluding carboxylic acids is 1. The summed E-state index contributed by atoms with van der Waals surface area (Å²) in [5.41, 5.74) is 5.03. The van der Waals surface area contributed by atoms with Gasteiger partial charge in [0.05, 0.1) is 16.3 Å². The van der Waals surface area contributed by atoms with E-state index in [1.807, 2.05) is 32.6 Å². The molecule has 1 fully saturated rings. The number of fused-ring (bicyclic) bond motifs is 2. The molecule has 7 nitrogen and oxygen atoms in total. The highest BCUT2D eigenvalue weighted by Gasteiger charge is 2.28. The second-order valence-electron chi connectivity index (χ2n) is 9.72.